The van der Waals surface area contributed by atoms with Crippen molar-refractivity contribution in [3.05, 3.63) is 36.5 Å². The zero-order chi connectivity index (χ0) is 50.1. The minimum absolute atomic E-state index is 0.186. The molecule has 1 rings (SSSR count). The van der Waals surface area contributed by atoms with Gasteiger partial charge in [-0.05, 0) is 44.9 Å². The van der Waals surface area contributed by atoms with E-state index in [0.29, 0.717) is 6.42 Å². The summed E-state index contributed by atoms with van der Waals surface area (Å²) in [7, 11) is 0. The van der Waals surface area contributed by atoms with Crippen LogP contribution in [0, 0.1) is 0 Å². The Hall–Kier alpha value is -1.59. The Morgan fingerprint density at radius 2 is 0.826 bits per heavy atom. The summed E-state index contributed by atoms with van der Waals surface area (Å²) in [5.74, 6) is -0.186. The van der Waals surface area contributed by atoms with E-state index in [0.717, 1.165) is 44.9 Å². The van der Waals surface area contributed by atoms with Crippen molar-refractivity contribution in [2.75, 3.05) is 13.2 Å². The zero-order valence-electron chi connectivity index (χ0n) is 45.1. The SMILES string of the molecule is CCCCCCCCCCCCCCCCCCCC/C=C/CC/C=C/CC/C=C/C(O)C(COC1OC(CO)C(O)C(O)C1O)NC(=O)CCCCCCCCCCCCCCCCCCCC. The minimum Gasteiger partial charge on any atom is -0.394 e. The molecular weight excluding hydrogens is 863 g/mol. The molecule has 0 aromatic rings. The van der Waals surface area contributed by atoms with E-state index in [1.165, 1.54) is 218 Å². The maximum absolute atomic E-state index is 13.0. The number of nitrogens with one attached hydrogen (secondary N) is 1. The molecule has 1 fully saturated rings. The molecule has 1 aliphatic rings. The van der Waals surface area contributed by atoms with Gasteiger partial charge in [0.1, 0.15) is 24.4 Å². The van der Waals surface area contributed by atoms with Crippen molar-refractivity contribution in [2.45, 2.75) is 326 Å². The number of hydrogen-bond donors (Lipinski definition) is 6. The normalized spacial score (nSPS) is 19.7. The Labute approximate surface area is 425 Å². The van der Waals surface area contributed by atoms with Crippen molar-refractivity contribution in [2.24, 2.45) is 0 Å². The maximum Gasteiger partial charge on any atom is 0.220 e. The Kier molecular flexibility index (Phi) is 47.4. The van der Waals surface area contributed by atoms with E-state index >= 15 is 0 Å². The molecule has 1 aliphatic heterocycles. The van der Waals surface area contributed by atoms with E-state index < -0.39 is 49.5 Å². The molecule has 0 aromatic carbocycles. The standard InChI is InChI=1S/C60H113NO8/c1-3-5-7-9-11-13-15-17-19-21-23-24-25-26-27-28-29-30-31-32-33-35-37-39-41-43-45-47-49-54(63)53(52-68-60-59(67)58(66)57(65)55(51-62)69-60)61-56(64)50-48-46-44-42-40-38-36-34-22-20-18-16-14-12-10-8-6-4-2/h32-33,39,41,47,49,53-55,57-60,62-63,65-67H,3-31,34-38,40,42-46,48,50-52H2,1-2H3,(H,61,64)/b33-32+,41-39+,49-47+. The molecule has 1 heterocycles. The second-order valence-electron chi connectivity index (χ2n) is 20.8. The smallest absolute Gasteiger partial charge is 0.220 e. The molecule has 0 saturated carbocycles. The van der Waals surface area contributed by atoms with E-state index in [2.05, 4.69) is 43.5 Å². The molecule has 7 atom stereocenters. The van der Waals surface area contributed by atoms with Crippen LogP contribution in [-0.4, -0.2) is 87.5 Å². The molecule has 1 saturated heterocycles. The zero-order valence-corrected chi connectivity index (χ0v) is 45.1. The summed E-state index contributed by atoms with van der Waals surface area (Å²) in [6, 6.07) is -0.826. The van der Waals surface area contributed by atoms with Gasteiger partial charge in [-0.1, -0.05) is 269 Å². The average Bonchev–Trinajstić information content (AvgIpc) is 3.35. The van der Waals surface area contributed by atoms with Crippen molar-refractivity contribution in [3.8, 4) is 0 Å². The van der Waals surface area contributed by atoms with Crippen LogP contribution in [0.25, 0.3) is 0 Å². The van der Waals surface area contributed by atoms with E-state index in [1.807, 2.05) is 6.08 Å². The Morgan fingerprint density at radius 3 is 1.22 bits per heavy atom. The summed E-state index contributed by atoms with van der Waals surface area (Å²) in [5, 5.41) is 54.5. The highest BCUT2D eigenvalue weighted by molar-refractivity contribution is 5.76. The molecule has 0 aliphatic carbocycles. The lowest BCUT2D eigenvalue weighted by molar-refractivity contribution is -0.302. The third-order valence-corrected chi connectivity index (χ3v) is 14.2. The number of allylic oxidation sites excluding steroid dienone is 5. The van der Waals surface area contributed by atoms with Gasteiger partial charge >= 0.3 is 0 Å². The number of amides is 1. The second-order valence-corrected chi connectivity index (χ2v) is 20.8. The van der Waals surface area contributed by atoms with Gasteiger partial charge in [-0.3, -0.25) is 4.79 Å². The van der Waals surface area contributed by atoms with Crippen LogP contribution >= 0.6 is 0 Å². The predicted molar refractivity (Wildman–Crippen MR) is 290 cm³/mol. The van der Waals surface area contributed by atoms with Crippen LogP contribution in [0.15, 0.2) is 36.5 Å². The van der Waals surface area contributed by atoms with E-state index in [4.69, 9.17) is 9.47 Å². The van der Waals surface area contributed by atoms with Gasteiger partial charge in [-0.15, -0.1) is 0 Å². The number of carbonyl (C=O) groups is 1. The molecule has 1 amide bonds. The van der Waals surface area contributed by atoms with E-state index in [1.54, 1.807) is 6.08 Å². The fourth-order valence-corrected chi connectivity index (χ4v) is 9.49. The van der Waals surface area contributed by atoms with Crippen LogP contribution in [0.1, 0.15) is 284 Å². The predicted octanol–water partition coefficient (Wildman–Crippen LogP) is 14.7. The van der Waals surface area contributed by atoms with Crippen LogP contribution in [-0.2, 0) is 14.3 Å². The quantitative estimate of drug-likeness (QED) is 0.0261. The monoisotopic (exact) mass is 976 g/mol. The van der Waals surface area contributed by atoms with E-state index in [-0.39, 0.29) is 12.5 Å². The fraction of sp³-hybridized carbons (Fsp3) is 0.883. The van der Waals surface area contributed by atoms with Crippen molar-refractivity contribution in [3.63, 3.8) is 0 Å². The first-order valence-electron chi connectivity index (χ1n) is 29.7. The van der Waals surface area contributed by atoms with Gasteiger partial charge in [0.2, 0.25) is 5.91 Å². The first kappa shape index (κ1) is 65.4. The van der Waals surface area contributed by atoms with Crippen LogP contribution in [0.4, 0.5) is 0 Å². The summed E-state index contributed by atoms with van der Waals surface area (Å²) < 4.78 is 11.3. The number of ether oxygens (including phenoxy) is 2. The van der Waals surface area contributed by atoms with Crippen LogP contribution in [0.3, 0.4) is 0 Å². The Morgan fingerprint density at radius 1 is 0.478 bits per heavy atom. The molecule has 7 unspecified atom stereocenters. The third kappa shape index (κ3) is 39.6. The summed E-state index contributed by atoms with van der Waals surface area (Å²) in [6.45, 7) is 3.79. The summed E-state index contributed by atoms with van der Waals surface area (Å²) in [5.41, 5.74) is 0. The molecule has 9 heteroatoms. The van der Waals surface area contributed by atoms with Crippen LogP contribution < -0.4 is 5.32 Å². The van der Waals surface area contributed by atoms with Crippen molar-refractivity contribution in [1.82, 2.24) is 5.32 Å². The molecule has 9 nitrogen and oxygen atoms in total. The van der Waals surface area contributed by atoms with Gasteiger partial charge in [0.25, 0.3) is 0 Å². The number of aliphatic hydroxyl groups excluding tert-OH is 5. The largest absolute Gasteiger partial charge is 0.394 e. The summed E-state index contributed by atoms with van der Waals surface area (Å²) in [4.78, 5) is 13.0. The highest BCUT2D eigenvalue weighted by atomic mass is 16.7. The first-order chi connectivity index (χ1) is 33.8. The highest BCUT2D eigenvalue weighted by Gasteiger charge is 2.44. The molecule has 0 radical (unpaired) electrons. The molecule has 0 bridgehead atoms. The summed E-state index contributed by atoms with van der Waals surface area (Å²) >= 11 is 0. The van der Waals surface area contributed by atoms with E-state index in [9.17, 15) is 30.3 Å². The molecule has 69 heavy (non-hydrogen) atoms. The van der Waals surface area contributed by atoms with Crippen LogP contribution in [0.2, 0.25) is 0 Å². The lowest BCUT2D eigenvalue weighted by atomic mass is 9.99. The highest BCUT2D eigenvalue weighted by Crippen LogP contribution is 2.23. The van der Waals surface area contributed by atoms with Crippen molar-refractivity contribution < 1.29 is 39.8 Å². The maximum atomic E-state index is 13.0. The van der Waals surface area contributed by atoms with Gasteiger partial charge in [0.15, 0.2) is 6.29 Å². The van der Waals surface area contributed by atoms with Gasteiger partial charge in [-0.2, -0.15) is 0 Å². The number of unbranched alkanes of at least 4 members (excludes halogenated alkanes) is 37. The molecule has 0 aromatic heterocycles. The molecule has 0 spiro atoms. The number of carbonyl (C=O) groups excluding carboxylic acids is 1. The first-order valence-corrected chi connectivity index (χ1v) is 29.7. The molecule has 406 valence electrons. The number of hydrogen-bond acceptors (Lipinski definition) is 8. The second kappa shape index (κ2) is 50.0. The minimum atomic E-state index is -1.57. The topological polar surface area (TPSA) is 149 Å². The lowest BCUT2D eigenvalue weighted by Crippen LogP contribution is -2.60. The van der Waals surface area contributed by atoms with Crippen LogP contribution in [0.5, 0.6) is 0 Å². The van der Waals surface area contributed by atoms with Gasteiger partial charge in [0, 0.05) is 6.42 Å². The van der Waals surface area contributed by atoms with Crippen molar-refractivity contribution in [1.29, 1.82) is 0 Å². The van der Waals surface area contributed by atoms with Gasteiger partial charge in [0.05, 0.1) is 25.4 Å². The Bertz CT molecular complexity index is 1180. The number of aliphatic hydroxyl groups is 5. The Balaban J connectivity index is 2.24. The average molecular weight is 977 g/mol. The molecule has 6 N–H and O–H groups in total. The van der Waals surface area contributed by atoms with Crippen molar-refractivity contribution >= 4 is 5.91 Å². The number of rotatable bonds is 51. The third-order valence-electron chi connectivity index (χ3n) is 14.2. The van der Waals surface area contributed by atoms with Gasteiger partial charge < -0.3 is 40.3 Å². The summed E-state index contributed by atoms with van der Waals surface area (Å²) in [6.07, 6.45) is 57.9. The van der Waals surface area contributed by atoms with Gasteiger partial charge in [-0.25, -0.2) is 0 Å². The lowest BCUT2D eigenvalue weighted by Gasteiger charge is -2.40. The fourth-order valence-electron chi connectivity index (χ4n) is 9.49. The molecular formula is C60H113NO8.